The van der Waals surface area contributed by atoms with Crippen LogP contribution < -0.4 is 5.32 Å². The minimum atomic E-state index is -0.398. The predicted molar refractivity (Wildman–Crippen MR) is 70.0 cm³/mol. The average Bonchev–Trinajstić information content (AvgIpc) is 2.13. The third-order valence-corrected chi connectivity index (χ3v) is 3.16. The maximum atomic E-state index is 11.5. The van der Waals surface area contributed by atoms with Crippen molar-refractivity contribution >= 4 is 6.09 Å². The van der Waals surface area contributed by atoms with E-state index in [9.17, 15) is 4.79 Å². The molecule has 1 fully saturated rings. The fourth-order valence-corrected chi connectivity index (χ4v) is 2.29. The van der Waals surface area contributed by atoms with Crippen molar-refractivity contribution in [1.82, 2.24) is 5.32 Å². The van der Waals surface area contributed by atoms with E-state index in [0.29, 0.717) is 5.92 Å². The monoisotopic (exact) mass is 241 g/mol. The smallest absolute Gasteiger partial charge is 0.407 e. The molecule has 1 rings (SSSR count). The van der Waals surface area contributed by atoms with Crippen molar-refractivity contribution in [2.24, 2.45) is 5.92 Å². The zero-order valence-corrected chi connectivity index (χ0v) is 11.6. The molecule has 0 saturated heterocycles. The molecule has 17 heavy (non-hydrogen) atoms. The number of rotatable bonds is 2. The van der Waals surface area contributed by atoms with Gasteiger partial charge in [0.25, 0.3) is 0 Å². The highest BCUT2D eigenvalue weighted by atomic mass is 16.6. The van der Waals surface area contributed by atoms with Crippen LogP contribution >= 0.6 is 0 Å². The molecule has 1 aliphatic rings. The zero-order chi connectivity index (χ0) is 12.7. The van der Waals surface area contributed by atoms with E-state index in [1.807, 2.05) is 20.8 Å². The van der Waals surface area contributed by atoms with Gasteiger partial charge < -0.3 is 10.1 Å². The minimum absolute atomic E-state index is 0.278. The van der Waals surface area contributed by atoms with Gasteiger partial charge in [-0.1, -0.05) is 32.1 Å². The van der Waals surface area contributed by atoms with Crippen LogP contribution in [0.1, 0.15) is 65.7 Å². The molecule has 0 radical (unpaired) electrons. The van der Waals surface area contributed by atoms with Gasteiger partial charge in [-0.05, 0) is 39.5 Å². The summed E-state index contributed by atoms with van der Waals surface area (Å²) in [6.07, 6.45) is 8.91. The highest BCUT2D eigenvalue weighted by Gasteiger charge is 2.17. The first-order valence-electron chi connectivity index (χ1n) is 6.94. The molecule has 1 amide bonds. The van der Waals surface area contributed by atoms with Crippen molar-refractivity contribution in [3.63, 3.8) is 0 Å². The summed E-state index contributed by atoms with van der Waals surface area (Å²) >= 11 is 0. The minimum Gasteiger partial charge on any atom is -0.444 e. The van der Waals surface area contributed by atoms with E-state index in [-0.39, 0.29) is 6.09 Å². The molecule has 100 valence electrons. The summed E-state index contributed by atoms with van der Waals surface area (Å²) in [4.78, 5) is 11.5. The Labute approximate surface area is 105 Å². The van der Waals surface area contributed by atoms with Gasteiger partial charge in [0.05, 0.1) is 0 Å². The Morgan fingerprint density at radius 1 is 1.12 bits per heavy atom. The quantitative estimate of drug-likeness (QED) is 0.797. The molecule has 3 heteroatoms. The molecule has 0 spiro atoms. The molecular weight excluding hydrogens is 214 g/mol. The Morgan fingerprint density at radius 3 is 2.18 bits per heavy atom. The molecule has 0 unspecified atom stereocenters. The van der Waals surface area contributed by atoms with Gasteiger partial charge in [-0.25, -0.2) is 4.79 Å². The van der Waals surface area contributed by atoms with E-state index < -0.39 is 5.60 Å². The number of nitrogens with one attached hydrogen (secondary N) is 1. The van der Waals surface area contributed by atoms with E-state index in [1.165, 1.54) is 44.9 Å². The Kier molecular flexibility index (Phi) is 5.79. The fraction of sp³-hybridized carbons (Fsp3) is 0.929. The second kappa shape index (κ2) is 6.87. The molecule has 0 atom stereocenters. The zero-order valence-electron chi connectivity index (χ0n) is 11.6. The molecular formula is C14H27NO2. The van der Waals surface area contributed by atoms with Crippen LogP contribution in [0.5, 0.6) is 0 Å². The fourth-order valence-electron chi connectivity index (χ4n) is 2.29. The number of ether oxygens (including phenoxy) is 1. The van der Waals surface area contributed by atoms with Gasteiger partial charge in [-0.3, -0.25) is 0 Å². The van der Waals surface area contributed by atoms with Crippen LogP contribution in [0.25, 0.3) is 0 Å². The molecule has 0 aromatic carbocycles. The lowest BCUT2D eigenvalue weighted by Gasteiger charge is -2.23. The lowest BCUT2D eigenvalue weighted by atomic mass is 9.91. The number of carbonyl (C=O) groups is 1. The first-order chi connectivity index (χ1) is 7.97. The number of carbonyl (C=O) groups excluding carboxylic acids is 1. The van der Waals surface area contributed by atoms with Gasteiger partial charge in [0.15, 0.2) is 0 Å². The van der Waals surface area contributed by atoms with Crippen molar-refractivity contribution < 1.29 is 9.53 Å². The number of hydrogen-bond donors (Lipinski definition) is 1. The van der Waals surface area contributed by atoms with Gasteiger partial charge in [0.2, 0.25) is 0 Å². The van der Waals surface area contributed by atoms with Crippen LogP contribution in [0.2, 0.25) is 0 Å². The van der Waals surface area contributed by atoms with E-state index in [1.54, 1.807) is 0 Å². The van der Waals surface area contributed by atoms with Crippen LogP contribution in [-0.4, -0.2) is 18.2 Å². The van der Waals surface area contributed by atoms with Crippen molar-refractivity contribution in [1.29, 1.82) is 0 Å². The second-order valence-electron chi connectivity index (χ2n) is 6.09. The van der Waals surface area contributed by atoms with Crippen LogP contribution in [0.15, 0.2) is 0 Å². The molecule has 0 bridgehead atoms. The molecule has 1 N–H and O–H groups in total. The largest absolute Gasteiger partial charge is 0.444 e. The predicted octanol–water partition coefficient (Wildman–Crippen LogP) is 3.87. The maximum Gasteiger partial charge on any atom is 0.407 e. The highest BCUT2D eigenvalue weighted by Crippen LogP contribution is 2.21. The summed E-state index contributed by atoms with van der Waals surface area (Å²) in [6.45, 7) is 6.45. The summed E-state index contributed by atoms with van der Waals surface area (Å²) in [6, 6.07) is 0. The van der Waals surface area contributed by atoms with Crippen LogP contribution in [0.3, 0.4) is 0 Å². The van der Waals surface area contributed by atoms with Crippen LogP contribution in [-0.2, 0) is 4.74 Å². The molecule has 0 aromatic heterocycles. The first kappa shape index (κ1) is 14.3. The lowest BCUT2D eigenvalue weighted by molar-refractivity contribution is 0.0516. The van der Waals surface area contributed by atoms with E-state index in [2.05, 4.69) is 5.32 Å². The molecule has 3 nitrogen and oxygen atoms in total. The molecule has 0 aliphatic heterocycles. The summed E-state index contributed by atoms with van der Waals surface area (Å²) in [5.41, 5.74) is -0.398. The molecule has 1 aliphatic carbocycles. The molecule has 1 saturated carbocycles. The van der Waals surface area contributed by atoms with Gasteiger partial charge in [0.1, 0.15) is 5.60 Å². The Balaban J connectivity index is 2.21. The van der Waals surface area contributed by atoms with E-state index >= 15 is 0 Å². The Hall–Kier alpha value is -0.730. The van der Waals surface area contributed by atoms with Crippen molar-refractivity contribution in [3.8, 4) is 0 Å². The SMILES string of the molecule is CC(C)(C)OC(=O)NCC1CCCCCCC1. The standard InChI is InChI=1S/C14H27NO2/c1-14(2,3)17-13(16)15-11-12-9-7-5-4-6-8-10-12/h12H,4-11H2,1-3H3,(H,15,16). The van der Waals surface area contributed by atoms with Crippen molar-refractivity contribution in [2.45, 2.75) is 71.3 Å². The van der Waals surface area contributed by atoms with Crippen molar-refractivity contribution in [2.75, 3.05) is 6.54 Å². The lowest BCUT2D eigenvalue weighted by Crippen LogP contribution is -2.35. The number of alkyl carbamates (subject to hydrolysis) is 1. The molecule has 0 heterocycles. The Morgan fingerprint density at radius 2 is 1.65 bits per heavy atom. The summed E-state index contributed by atoms with van der Waals surface area (Å²) < 4.78 is 5.23. The third kappa shape index (κ3) is 7.24. The highest BCUT2D eigenvalue weighted by molar-refractivity contribution is 5.67. The first-order valence-corrected chi connectivity index (χ1v) is 6.94. The molecule has 0 aromatic rings. The van der Waals surface area contributed by atoms with Gasteiger partial charge >= 0.3 is 6.09 Å². The summed E-state index contributed by atoms with van der Waals surface area (Å²) in [7, 11) is 0. The van der Waals surface area contributed by atoms with Crippen LogP contribution in [0, 0.1) is 5.92 Å². The average molecular weight is 241 g/mol. The summed E-state index contributed by atoms with van der Waals surface area (Å²) in [5.74, 6) is 0.641. The van der Waals surface area contributed by atoms with Gasteiger partial charge in [0, 0.05) is 6.54 Å². The maximum absolute atomic E-state index is 11.5. The van der Waals surface area contributed by atoms with E-state index in [4.69, 9.17) is 4.74 Å². The number of hydrogen-bond acceptors (Lipinski definition) is 2. The van der Waals surface area contributed by atoms with Gasteiger partial charge in [-0.15, -0.1) is 0 Å². The second-order valence-corrected chi connectivity index (χ2v) is 6.09. The Bertz CT molecular complexity index is 225. The van der Waals surface area contributed by atoms with Crippen molar-refractivity contribution in [3.05, 3.63) is 0 Å². The number of amides is 1. The van der Waals surface area contributed by atoms with E-state index in [0.717, 1.165) is 6.54 Å². The normalized spacial score (nSPS) is 19.2. The van der Waals surface area contributed by atoms with Gasteiger partial charge in [-0.2, -0.15) is 0 Å². The summed E-state index contributed by atoms with van der Waals surface area (Å²) in [5, 5.41) is 2.90. The van der Waals surface area contributed by atoms with Crippen LogP contribution in [0.4, 0.5) is 4.79 Å². The third-order valence-electron chi connectivity index (χ3n) is 3.16. The topological polar surface area (TPSA) is 38.3 Å².